The van der Waals surface area contributed by atoms with Gasteiger partial charge >= 0.3 is 0 Å². The topological polar surface area (TPSA) is 49.3 Å². The summed E-state index contributed by atoms with van der Waals surface area (Å²) in [4.78, 5) is 0. The van der Waals surface area contributed by atoms with Crippen molar-refractivity contribution in [1.29, 1.82) is 0 Å². The summed E-state index contributed by atoms with van der Waals surface area (Å²) < 4.78 is 10.7. The molecule has 0 rings (SSSR count). The van der Waals surface area contributed by atoms with Crippen LogP contribution in [0.1, 0.15) is 32.1 Å². The maximum absolute atomic E-state index is 10.7. The molecule has 0 saturated carbocycles. The van der Waals surface area contributed by atoms with E-state index >= 15 is 0 Å². The third-order valence-electron chi connectivity index (χ3n) is 2.05. The lowest BCUT2D eigenvalue weighted by atomic mass is 10.2. The smallest absolute Gasteiger partial charge is 0.0431 e. The fourth-order valence-corrected chi connectivity index (χ4v) is 1.79. The van der Waals surface area contributed by atoms with Crippen LogP contribution >= 0.6 is 0 Å². The van der Waals surface area contributed by atoms with Gasteiger partial charge in [0.05, 0.1) is 0 Å². The summed E-state index contributed by atoms with van der Waals surface area (Å²) in [6, 6.07) is 0. The van der Waals surface area contributed by atoms with Crippen molar-refractivity contribution in [3.05, 3.63) is 0 Å². The molecule has 0 aliphatic rings. The number of aliphatic hydroxyl groups excluding tert-OH is 1. The standard InChI is InChI=1S/C10H23NO2S/c1-14(13)10-6-8-11-7-4-2-3-5-9-12/h11-12H,2-10H2,1H3. The Labute approximate surface area is 89.7 Å². The second-order valence-corrected chi connectivity index (χ2v) is 5.07. The van der Waals surface area contributed by atoms with Gasteiger partial charge in [-0.15, -0.1) is 0 Å². The van der Waals surface area contributed by atoms with Gasteiger partial charge in [0.25, 0.3) is 0 Å². The fraction of sp³-hybridized carbons (Fsp3) is 1.00. The molecule has 0 saturated heterocycles. The largest absolute Gasteiger partial charge is 0.396 e. The summed E-state index contributed by atoms with van der Waals surface area (Å²) in [7, 11) is -0.645. The van der Waals surface area contributed by atoms with E-state index in [0.717, 1.165) is 38.1 Å². The van der Waals surface area contributed by atoms with Crippen molar-refractivity contribution in [2.75, 3.05) is 31.7 Å². The predicted molar refractivity (Wildman–Crippen MR) is 62.0 cm³/mol. The van der Waals surface area contributed by atoms with Gasteiger partial charge in [-0.1, -0.05) is 12.8 Å². The van der Waals surface area contributed by atoms with E-state index in [1.165, 1.54) is 12.8 Å². The van der Waals surface area contributed by atoms with Crippen LogP contribution in [0.25, 0.3) is 0 Å². The normalized spacial score (nSPS) is 13.0. The average molecular weight is 221 g/mol. The van der Waals surface area contributed by atoms with E-state index in [4.69, 9.17) is 5.11 Å². The van der Waals surface area contributed by atoms with Crippen LogP contribution < -0.4 is 5.32 Å². The molecule has 0 heterocycles. The second-order valence-electron chi connectivity index (χ2n) is 3.52. The first-order valence-electron chi connectivity index (χ1n) is 5.39. The van der Waals surface area contributed by atoms with Crippen molar-refractivity contribution in [2.45, 2.75) is 32.1 Å². The van der Waals surface area contributed by atoms with E-state index in [1.807, 2.05) is 0 Å². The lowest BCUT2D eigenvalue weighted by molar-refractivity contribution is 0.282. The summed E-state index contributed by atoms with van der Waals surface area (Å²) in [5, 5.41) is 11.9. The minimum atomic E-state index is -0.645. The molecule has 0 aromatic rings. The van der Waals surface area contributed by atoms with Crippen molar-refractivity contribution in [3.8, 4) is 0 Å². The maximum Gasteiger partial charge on any atom is 0.0431 e. The van der Waals surface area contributed by atoms with Gasteiger partial charge in [0.15, 0.2) is 0 Å². The Bertz CT molecular complexity index is 142. The van der Waals surface area contributed by atoms with Gasteiger partial charge < -0.3 is 10.4 Å². The maximum atomic E-state index is 10.7. The van der Waals surface area contributed by atoms with E-state index in [-0.39, 0.29) is 0 Å². The highest BCUT2D eigenvalue weighted by molar-refractivity contribution is 7.84. The minimum Gasteiger partial charge on any atom is -0.396 e. The fourth-order valence-electron chi connectivity index (χ4n) is 1.24. The van der Waals surface area contributed by atoms with Crippen molar-refractivity contribution in [3.63, 3.8) is 0 Å². The first-order chi connectivity index (χ1) is 6.77. The third-order valence-corrected chi connectivity index (χ3v) is 2.91. The molecular formula is C10H23NO2S. The van der Waals surface area contributed by atoms with Crippen molar-refractivity contribution in [1.82, 2.24) is 5.32 Å². The number of rotatable bonds is 10. The number of hydrogen-bond donors (Lipinski definition) is 2. The van der Waals surface area contributed by atoms with Crippen LogP contribution in [0, 0.1) is 0 Å². The van der Waals surface area contributed by atoms with Gasteiger partial charge in [0.2, 0.25) is 0 Å². The second kappa shape index (κ2) is 11.1. The number of aliphatic hydroxyl groups is 1. The Morgan fingerprint density at radius 1 is 1.07 bits per heavy atom. The van der Waals surface area contributed by atoms with E-state index < -0.39 is 10.8 Å². The zero-order valence-electron chi connectivity index (χ0n) is 9.13. The molecule has 3 nitrogen and oxygen atoms in total. The number of nitrogens with one attached hydrogen (secondary N) is 1. The van der Waals surface area contributed by atoms with Gasteiger partial charge in [-0.3, -0.25) is 4.21 Å². The van der Waals surface area contributed by atoms with Gasteiger partial charge in [-0.25, -0.2) is 0 Å². The van der Waals surface area contributed by atoms with Crippen LogP contribution in [0.3, 0.4) is 0 Å². The van der Waals surface area contributed by atoms with Crippen molar-refractivity contribution >= 4 is 10.8 Å². The highest BCUT2D eigenvalue weighted by Crippen LogP contribution is 1.97. The monoisotopic (exact) mass is 221 g/mol. The van der Waals surface area contributed by atoms with Crippen LogP contribution in [0.5, 0.6) is 0 Å². The van der Waals surface area contributed by atoms with Crippen molar-refractivity contribution < 1.29 is 9.32 Å². The van der Waals surface area contributed by atoms with Crippen LogP contribution in [0.2, 0.25) is 0 Å². The molecular weight excluding hydrogens is 198 g/mol. The molecule has 0 aliphatic carbocycles. The van der Waals surface area contributed by atoms with Crippen LogP contribution in [0.4, 0.5) is 0 Å². The van der Waals surface area contributed by atoms with E-state index in [9.17, 15) is 4.21 Å². The molecule has 14 heavy (non-hydrogen) atoms. The lowest BCUT2D eigenvalue weighted by Crippen LogP contribution is -2.18. The third kappa shape index (κ3) is 12.1. The molecule has 0 aromatic heterocycles. The molecule has 0 amide bonds. The van der Waals surface area contributed by atoms with E-state index in [1.54, 1.807) is 6.26 Å². The molecule has 0 bridgehead atoms. The molecule has 0 spiro atoms. The van der Waals surface area contributed by atoms with E-state index in [2.05, 4.69) is 5.32 Å². The molecule has 2 N–H and O–H groups in total. The Balaban J connectivity index is 2.88. The van der Waals surface area contributed by atoms with E-state index in [0.29, 0.717) is 6.61 Å². The van der Waals surface area contributed by atoms with Gasteiger partial charge in [0.1, 0.15) is 0 Å². The van der Waals surface area contributed by atoms with Crippen LogP contribution in [0.15, 0.2) is 0 Å². The van der Waals surface area contributed by atoms with Gasteiger partial charge in [-0.2, -0.15) is 0 Å². The Kier molecular flexibility index (Phi) is 11.2. The highest BCUT2D eigenvalue weighted by atomic mass is 32.2. The Hall–Kier alpha value is 0.0700. The molecule has 0 aromatic carbocycles. The quantitative estimate of drug-likeness (QED) is 0.539. The number of hydrogen-bond acceptors (Lipinski definition) is 3. The first kappa shape index (κ1) is 14.1. The summed E-state index contributed by atoms with van der Waals surface area (Å²) in [5.41, 5.74) is 0. The molecule has 0 fully saturated rings. The van der Waals surface area contributed by atoms with Gasteiger partial charge in [-0.05, 0) is 32.4 Å². The predicted octanol–water partition coefficient (Wildman–Crippen LogP) is 0.897. The molecule has 0 aliphatic heterocycles. The highest BCUT2D eigenvalue weighted by Gasteiger charge is 1.92. The lowest BCUT2D eigenvalue weighted by Gasteiger charge is -2.03. The zero-order chi connectivity index (χ0) is 10.6. The van der Waals surface area contributed by atoms with Crippen molar-refractivity contribution in [2.24, 2.45) is 0 Å². The first-order valence-corrected chi connectivity index (χ1v) is 7.11. The minimum absolute atomic E-state index is 0.315. The molecule has 86 valence electrons. The average Bonchev–Trinajstić information content (AvgIpc) is 2.15. The summed E-state index contributed by atoms with van der Waals surface area (Å²) in [6.45, 7) is 2.33. The Morgan fingerprint density at radius 3 is 2.36 bits per heavy atom. The Morgan fingerprint density at radius 2 is 1.71 bits per heavy atom. The van der Waals surface area contributed by atoms with Crippen LogP contribution in [-0.2, 0) is 10.8 Å². The zero-order valence-corrected chi connectivity index (χ0v) is 9.94. The molecule has 0 radical (unpaired) electrons. The van der Waals surface area contributed by atoms with Crippen LogP contribution in [-0.4, -0.2) is 41.0 Å². The number of unbranched alkanes of at least 4 members (excludes halogenated alkanes) is 3. The summed E-state index contributed by atoms with van der Waals surface area (Å²) in [5.74, 6) is 0.803. The van der Waals surface area contributed by atoms with Gasteiger partial charge in [0, 0.05) is 29.4 Å². The summed E-state index contributed by atoms with van der Waals surface area (Å²) >= 11 is 0. The summed E-state index contributed by atoms with van der Waals surface area (Å²) in [6.07, 6.45) is 7.16. The SMILES string of the molecule is CS(=O)CCCNCCCCCCO. The molecule has 1 atom stereocenters. The molecule has 1 unspecified atom stereocenters. The molecule has 4 heteroatoms.